The number of fused-ring (bicyclic) bond motifs is 1. The Labute approximate surface area is 131 Å². The first-order valence-corrected chi connectivity index (χ1v) is 7.92. The highest BCUT2D eigenvalue weighted by Crippen LogP contribution is 2.29. The lowest BCUT2D eigenvalue weighted by molar-refractivity contribution is -0.128. The first-order valence-electron chi connectivity index (χ1n) is 7.92. The van der Waals surface area contributed by atoms with Gasteiger partial charge in [-0.05, 0) is 25.0 Å². The topological polar surface area (TPSA) is 52.7 Å². The van der Waals surface area contributed by atoms with Crippen LogP contribution in [0.2, 0.25) is 0 Å². The molecule has 1 saturated heterocycles. The van der Waals surface area contributed by atoms with Crippen LogP contribution in [0.3, 0.4) is 0 Å². The maximum absolute atomic E-state index is 12.2. The molecular formula is C17H23N3O2. The quantitative estimate of drug-likeness (QED) is 0.904. The van der Waals surface area contributed by atoms with Crippen LogP contribution in [0.4, 0.5) is 5.69 Å². The average Bonchev–Trinajstić information content (AvgIpc) is 3.09. The van der Waals surface area contributed by atoms with Crippen LogP contribution in [-0.2, 0) is 16.0 Å². The van der Waals surface area contributed by atoms with E-state index in [0.29, 0.717) is 19.5 Å². The van der Waals surface area contributed by atoms with Gasteiger partial charge in [0, 0.05) is 44.8 Å². The van der Waals surface area contributed by atoms with Crippen molar-refractivity contribution in [2.24, 2.45) is 5.92 Å². The first kappa shape index (κ1) is 14.9. The second-order valence-electron chi connectivity index (χ2n) is 6.34. The summed E-state index contributed by atoms with van der Waals surface area (Å²) in [5.74, 6) is -0.144. The number of carbonyl (C=O) groups is 2. The molecule has 0 saturated carbocycles. The van der Waals surface area contributed by atoms with Crippen molar-refractivity contribution in [3.05, 3.63) is 29.8 Å². The molecule has 2 heterocycles. The third-order valence-electron chi connectivity index (χ3n) is 4.74. The predicted octanol–water partition coefficient (Wildman–Crippen LogP) is 1.03. The van der Waals surface area contributed by atoms with Gasteiger partial charge >= 0.3 is 0 Å². The largest absolute Gasteiger partial charge is 0.366 e. The van der Waals surface area contributed by atoms with Crippen molar-refractivity contribution in [1.29, 1.82) is 0 Å². The molecule has 2 aliphatic rings. The van der Waals surface area contributed by atoms with Gasteiger partial charge in [0.15, 0.2) is 0 Å². The van der Waals surface area contributed by atoms with E-state index in [2.05, 4.69) is 41.4 Å². The second kappa shape index (κ2) is 5.99. The van der Waals surface area contributed by atoms with Gasteiger partial charge in [-0.3, -0.25) is 9.59 Å². The third-order valence-corrected chi connectivity index (χ3v) is 4.74. The molecule has 3 rings (SSSR count). The molecule has 22 heavy (non-hydrogen) atoms. The van der Waals surface area contributed by atoms with Crippen LogP contribution in [0.25, 0.3) is 0 Å². The zero-order valence-electron chi connectivity index (χ0n) is 13.2. The molecule has 1 fully saturated rings. The van der Waals surface area contributed by atoms with E-state index in [9.17, 15) is 9.59 Å². The average molecular weight is 301 g/mol. The maximum Gasteiger partial charge on any atom is 0.225 e. The number of hydrogen-bond acceptors (Lipinski definition) is 3. The van der Waals surface area contributed by atoms with Crippen molar-refractivity contribution in [3.63, 3.8) is 0 Å². The number of nitrogens with one attached hydrogen (secondary N) is 1. The van der Waals surface area contributed by atoms with E-state index in [0.717, 1.165) is 13.0 Å². The molecule has 0 spiro atoms. The molecule has 1 aromatic carbocycles. The van der Waals surface area contributed by atoms with E-state index in [4.69, 9.17) is 0 Å². The van der Waals surface area contributed by atoms with Gasteiger partial charge in [0.1, 0.15) is 0 Å². The Hall–Kier alpha value is -2.04. The van der Waals surface area contributed by atoms with E-state index in [1.165, 1.54) is 11.3 Å². The molecule has 0 bridgehead atoms. The molecule has 1 N–H and O–H groups in total. The summed E-state index contributed by atoms with van der Waals surface area (Å²) in [6, 6.07) is 8.69. The zero-order valence-corrected chi connectivity index (χ0v) is 13.2. The number of carbonyl (C=O) groups excluding carboxylic acids is 2. The van der Waals surface area contributed by atoms with Crippen LogP contribution >= 0.6 is 0 Å². The highest BCUT2D eigenvalue weighted by atomic mass is 16.2. The number of hydrogen-bond donors (Lipinski definition) is 1. The zero-order chi connectivity index (χ0) is 15.7. The van der Waals surface area contributed by atoms with Gasteiger partial charge in [0.2, 0.25) is 11.8 Å². The Balaban J connectivity index is 1.54. The van der Waals surface area contributed by atoms with Gasteiger partial charge in [-0.2, -0.15) is 0 Å². The predicted molar refractivity (Wildman–Crippen MR) is 85.7 cm³/mol. The van der Waals surface area contributed by atoms with Crippen molar-refractivity contribution in [3.8, 4) is 0 Å². The number of para-hydroxylation sites is 1. The monoisotopic (exact) mass is 301 g/mol. The lowest BCUT2D eigenvalue weighted by atomic mass is 10.1. The molecule has 0 aromatic heterocycles. The minimum Gasteiger partial charge on any atom is -0.366 e. The van der Waals surface area contributed by atoms with Crippen molar-refractivity contribution in [1.82, 2.24) is 10.2 Å². The van der Waals surface area contributed by atoms with E-state index >= 15 is 0 Å². The van der Waals surface area contributed by atoms with Crippen LogP contribution in [0.1, 0.15) is 18.9 Å². The van der Waals surface area contributed by atoms with Crippen molar-refractivity contribution >= 4 is 17.5 Å². The summed E-state index contributed by atoms with van der Waals surface area (Å²) in [6.07, 6.45) is 1.40. The van der Waals surface area contributed by atoms with Crippen molar-refractivity contribution in [2.75, 3.05) is 31.6 Å². The molecule has 2 amide bonds. The minimum absolute atomic E-state index is 0.00275. The second-order valence-corrected chi connectivity index (χ2v) is 6.34. The van der Waals surface area contributed by atoms with Crippen molar-refractivity contribution < 1.29 is 9.59 Å². The molecular weight excluding hydrogens is 278 g/mol. The third kappa shape index (κ3) is 2.80. The summed E-state index contributed by atoms with van der Waals surface area (Å²) in [5, 5.41) is 3.01. The molecule has 0 aliphatic carbocycles. The number of likely N-dealkylation sites (tertiary alicyclic amines) is 1. The number of benzene rings is 1. The smallest absolute Gasteiger partial charge is 0.225 e. The fourth-order valence-electron chi connectivity index (χ4n) is 3.36. The Morgan fingerprint density at radius 2 is 2.18 bits per heavy atom. The van der Waals surface area contributed by atoms with Crippen LogP contribution in [0, 0.1) is 5.92 Å². The SMILES string of the molecule is C[C@H](CNC(=O)[C@H]1CC(=O)N(C)C1)N1CCc2ccccc21. The van der Waals surface area contributed by atoms with E-state index in [1.807, 2.05) is 0 Å². The highest BCUT2D eigenvalue weighted by Gasteiger charge is 2.32. The van der Waals surface area contributed by atoms with Gasteiger partial charge in [0.05, 0.1) is 5.92 Å². The van der Waals surface area contributed by atoms with Crippen molar-refractivity contribution in [2.45, 2.75) is 25.8 Å². The van der Waals surface area contributed by atoms with Crippen LogP contribution in [-0.4, -0.2) is 49.4 Å². The van der Waals surface area contributed by atoms with Crippen LogP contribution < -0.4 is 10.2 Å². The maximum atomic E-state index is 12.2. The summed E-state index contributed by atoms with van der Waals surface area (Å²) in [7, 11) is 1.75. The molecule has 0 unspecified atom stereocenters. The normalized spacial score (nSPS) is 21.9. The summed E-state index contributed by atoms with van der Waals surface area (Å²) < 4.78 is 0. The summed E-state index contributed by atoms with van der Waals surface area (Å²) >= 11 is 0. The molecule has 0 radical (unpaired) electrons. The standard InChI is InChI=1S/C17H23N3O2/c1-12(20-8-7-13-5-3-4-6-15(13)20)10-18-17(22)14-9-16(21)19(2)11-14/h3-6,12,14H,7-11H2,1-2H3,(H,18,22)/t12-,14+/m1/s1. The molecule has 5 heteroatoms. The number of amides is 2. The molecule has 2 aliphatic heterocycles. The molecule has 118 valence electrons. The first-order chi connectivity index (χ1) is 10.6. The fourth-order valence-corrected chi connectivity index (χ4v) is 3.36. The van der Waals surface area contributed by atoms with E-state index < -0.39 is 0 Å². The Morgan fingerprint density at radius 3 is 2.91 bits per heavy atom. The molecule has 2 atom stereocenters. The Bertz CT molecular complexity index is 587. The van der Waals surface area contributed by atoms with Crippen LogP contribution in [0.5, 0.6) is 0 Å². The minimum atomic E-state index is -0.199. The van der Waals surface area contributed by atoms with E-state index in [1.54, 1.807) is 11.9 Å². The van der Waals surface area contributed by atoms with E-state index in [-0.39, 0.29) is 23.8 Å². The van der Waals surface area contributed by atoms with Gasteiger partial charge in [0.25, 0.3) is 0 Å². The van der Waals surface area contributed by atoms with Gasteiger partial charge < -0.3 is 15.1 Å². The summed E-state index contributed by atoms with van der Waals surface area (Å²) in [5.41, 5.74) is 2.66. The fraction of sp³-hybridized carbons (Fsp3) is 0.529. The Kier molecular flexibility index (Phi) is 4.05. The molecule has 5 nitrogen and oxygen atoms in total. The highest BCUT2D eigenvalue weighted by molar-refractivity contribution is 5.89. The molecule has 1 aromatic rings. The van der Waals surface area contributed by atoms with Gasteiger partial charge in [-0.15, -0.1) is 0 Å². The number of rotatable bonds is 4. The van der Waals surface area contributed by atoms with Crippen LogP contribution in [0.15, 0.2) is 24.3 Å². The lowest BCUT2D eigenvalue weighted by Crippen LogP contribution is -2.43. The summed E-state index contributed by atoms with van der Waals surface area (Å²) in [6.45, 7) is 4.28. The van der Waals surface area contributed by atoms with Gasteiger partial charge in [-0.1, -0.05) is 18.2 Å². The summed E-state index contributed by atoms with van der Waals surface area (Å²) in [4.78, 5) is 27.7. The number of anilines is 1. The lowest BCUT2D eigenvalue weighted by Gasteiger charge is -2.28. The Morgan fingerprint density at radius 1 is 1.41 bits per heavy atom. The van der Waals surface area contributed by atoms with Gasteiger partial charge in [-0.25, -0.2) is 0 Å². The number of nitrogens with zero attached hydrogens (tertiary/aromatic N) is 2.